The van der Waals surface area contributed by atoms with E-state index in [1.807, 2.05) is 0 Å². The van der Waals surface area contributed by atoms with E-state index in [4.69, 9.17) is 5.11 Å². The Morgan fingerprint density at radius 2 is 2.00 bits per heavy atom. The molecule has 1 amide bonds. The van der Waals surface area contributed by atoms with Gasteiger partial charge in [0, 0.05) is 30.0 Å². The van der Waals surface area contributed by atoms with Crippen LogP contribution in [0.5, 0.6) is 0 Å². The molecule has 162 valence electrons. The van der Waals surface area contributed by atoms with Crippen molar-refractivity contribution in [3.8, 4) is 11.3 Å². The summed E-state index contributed by atoms with van der Waals surface area (Å²) in [5, 5.41) is 11.9. The topological polar surface area (TPSA) is 65.5 Å². The Bertz CT molecular complexity index is 1050. The number of aromatic nitrogens is 1. The number of carbonyl (C=O) groups is 1. The van der Waals surface area contributed by atoms with Crippen LogP contribution in [-0.2, 0) is 13.0 Å². The Morgan fingerprint density at radius 3 is 2.77 bits per heavy atom. The van der Waals surface area contributed by atoms with Gasteiger partial charge in [-0.2, -0.15) is 0 Å². The molecule has 0 unspecified atom stereocenters. The second kappa shape index (κ2) is 10.3. The Morgan fingerprint density at radius 1 is 1.19 bits per heavy atom. The van der Waals surface area contributed by atoms with E-state index in [0.29, 0.717) is 17.7 Å². The van der Waals surface area contributed by atoms with E-state index < -0.39 is 6.09 Å². The lowest BCUT2D eigenvalue weighted by Gasteiger charge is -2.15. The first-order valence-electron chi connectivity index (χ1n) is 10.3. The number of carboxylic acid groups (broad SMARTS) is 1. The van der Waals surface area contributed by atoms with Gasteiger partial charge in [0.15, 0.2) is 0 Å². The van der Waals surface area contributed by atoms with Crippen LogP contribution in [0.3, 0.4) is 0 Å². The zero-order chi connectivity index (χ0) is 21.6. The highest BCUT2D eigenvalue weighted by atomic mass is 32.2. The van der Waals surface area contributed by atoms with Crippen molar-refractivity contribution >= 4 is 29.2 Å². The first-order valence-corrected chi connectivity index (χ1v) is 11.9. The van der Waals surface area contributed by atoms with Crippen LogP contribution in [0.4, 0.5) is 9.18 Å². The van der Waals surface area contributed by atoms with Gasteiger partial charge in [0.25, 0.3) is 0 Å². The third-order valence-electron chi connectivity index (χ3n) is 5.10. The molecule has 1 aliphatic heterocycles. The molecule has 0 saturated carbocycles. The molecule has 31 heavy (non-hydrogen) atoms. The molecule has 8 heteroatoms. The Hall–Kier alpha value is -2.42. The maximum absolute atomic E-state index is 14.5. The van der Waals surface area contributed by atoms with Gasteiger partial charge < -0.3 is 10.4 Å². The smallest absolute Gasteiger partial charge is 0.404 e. The number of rotatable bonds is 8. The van der Waals surface area contributed by atoms with Crippen LogP contribution in [-0.4, -0.2) is 40.7 Å². The molecule has 0 spiro atoms. The van der Waals surface area contributed by atoms with Gasteiger partial charge in [-0.3, -0.25) is 4.90 Å². The molecule has 0 atom stereocenters. The second-order valence-electron chi connectivity index (χ2n) is 7.44. The van der Waals surface area contributed by atoms with Crippen molar-refractivity contribution in [2.45, 2.75) is 34.9 Å². The van der Waals surface area contributed by atoms with E-state index in [-0.39, 0.29) is 12.4 Å². The zero-order valence-corrected chi connectivity index (χ0v) is 18.6. The van der Waals surface area contributed by atoms with Gasteiger partial charge in [-0.1, -0.05) is 36.0 Å². The van der Waals surface area contributed by atoms with Crippen molar-refractivity contribution in [2.75, 3.05) is 19.6 Å². The van der Waals surface area contributed by atoms with Crippen LogP contribution in [0, 0.1) is 5.82 Å². The summed E-state index contributed by atoms with van der Waals surface area (Å²) in [6, 6.07) is 15.1. The molecule has 1 aliphatic rings. The first kappa shape index (κ1) is 21.8. The van der Waals surface area contributed by atoms with Gasteiger partial charge in [0.05, 0.1) is 14.9 Å². The molecule has 1 aromatic heterocycles. The number of likely N-dealkylation sites (tertiary alicyclic amines) is 1. The molecule has 4 rings (SSSR count). The predicted molar refractivity (Wildman–Crippen MR) is 122 cm³/mol. The third-order valence-corrected chi connectivity index (χ3v) is 7.38. The lowest BCUT2D eigenvalue weighted by molar-refractivity contribution is 0.194. The minimum absolute atomic E-state index is 0.273. The van der Waals surface area contributed by atoms with E-state index in [1.54, 1.807) is 30.0 Å². The highest BCUT2D eigenvalue weighted by molar-refractivity contribution is 8.01. The molecular formula is C23H24FN3O2S2. The van der Waals surface area contributed by atoms with Gasteiger partial charge in [0.1, 0.15) is 5.82 Å². The van der Waals surface area contributed by atoms with Crippen LogP contribution >= 0.6 is 23.1 Å². The van der Waals surface area contributed by atoms with Crippen molar-refractivity contribution in [3.05, 3.63) is 64.9 Å². The Balaban J connectivity index is 1.58. The number of halogens is 1. The van der Waals surface area contributed by atoms with E-state index in [2.05, 4.69) is 39.5 Å². The van der Waals surface area contributed by atoms with Crippen LogP contribution in [0.25, 0.3) is 11.3 Å². The van der Waals surface area contributed by atoms with Crippen LogP contribution in [0.2, 0.25) is 0 Å². The average molecular weight is 458 g/mol. The number of benzene rings is 2. The van der Waals surface area contributed by atoms with E-state index in [1.165, 1.54) is 35.8 Å². The summed E-state index contributed by atoms with van der Waals surface area (Å²) >= 11 is 3.07. The molecule has 0 radical (unpaired) electrons. The molecule has 3 aromatic rings. The number of nitrogens with zero attached hydrogens (tertiary/aromatic N) is 2. The summed E-state index contributed by atoms with van der Waals surface area (Å²) in [6.07, 6.45) is 1.94. The minimum Gasteiger partial charge on any atom is -0.465 e. The average Bonchev–Trinajstić information content (AvgIpc) is 3.38. The molecule has 0 bridgehead atoms. The van der Waals surface area contributed by atoms with Crippen molar-refractivity contribution in [1.29, 1.82) is 0 Å². The number of thiazole rings is 1. The molecular weight excluding hydrogens is 433 g/mol. The highest BCUT2D eigenvalue weighted by Crippen LogP contribution is 2.41. The van der Waals surface area contributed by atoms with E-state index in [0.717, 1.165) is 33.7 Å². The van der Waals surface area contributed by atoms with E-state index in [9.17, 15) is 9.18 Å². The Kier molecular flexibility index (Phi) is 7.21. The van der Waals surface area contributed by atoms with Crippen molar-refractivity contribution in [3.63, 3.8) is 0 Å². The first-order chi connectivity index (χ1) is 15.1. The molecule has 2 heterocycles. The molecule has 5 nitrogen and oxygen atoms in total. The summed E-state index contributed by atoms with van der Waals surface area (Å²) in [6.45, 7) is 3.52. The van der Waals surface area contributed by atoms with Gasteiger partial charge >= 0.3 is 6.09 Å². The fraction of sp³-hybridized carbons (Fsp3) is 0.304. The molecule has 0 aliphatic carbocycles. The van der Waals surface area contributed by atoms with Gasteiger partial charge in [-0.25, -0.2) is 14.2 Å². The fourth-order valence-electron chi connectivity index (χ4n) is 3.64. The number of hydrogen-bond acceptors (Lipinski definition) is 5. The SMILES string of the molecule is O=C(O)NCCc1nc(-c2ccccc2F)c(Sc2cccc(CN3CCCC3)c2)s1. The van der Waals surface area contributed by atoms with Gasteiger partial charge in [-0.15, -0.1) is 11.3 Å². The maximum Gasteiger partial charge on any atom is 0.404 e. The summed E-state index contributed by atoms with van der Waals surface area (Å²) < 4.78 is 15.4. The second-order valence-corrected chi connectivity index (χ2v) is 9.86. The predicted octanol–water partition coefficient (Wildman–Crippen LogP) is 5.51. The minimum atomic E-state index is -1.06. The molecule has 2 aromatic carbocycles. The van der Waals surface area contributed by atoms with Crippen molar-refractivity contribution in [1.82, 2.24) is 15.2 Å². The Labute approximate surface area is 189 Å². The summed E-state index contributed by atoms with van der Waals surface area (Å²) in [5.74, 6) is -0.312. The number of hydrogen-bond donors (Lipinski definition) is 2. The van der Waals surface area contributed by atoms with Crippen LogP contribution in [0.1, 0.15) is 23.4 Å². The summed E-state index contributed by atoms with van der Waals surface area (Å²) in [4.78, 5) is 19.0. The largest absolute Gasteiger partial charge is 0.465 e. The van der Waals surface area contributed by atoms with Crippen LogP contribution in [0.15, 0.2) is 57.6 Å². The van der Waals surface area contributed by atoms with Gasteiger partial charge in [-0.05, 0) is 55.8 Å². The van der Waals surface area contributed by atoms with E-state index >= 15 is 0 Å². The molecule has 2 N–H and O–H groups in total. The van der Waals surface area contributed by atoms with Gasteiger partial charge in [0.2, 0.25) is 0 Å². The maximum atomic E-state index is 14.5. The lowest BCUT2D eigenvalue weighted by atomic mass is 10.1. The molecule has 1 fully saturated rings. The lowest BCUT2D eigenvalue weighted by Crippen LogP contribution is -2.23. The quantitative estimate of drug-likeness (QED) is 0.467. The molecule has 1 saturated heterocycles. The third kappa shape index (κ3) is 5.84. The standard InChI is InChI=1S/C23H24FN3O2S2/c24-19-9-2-1-8-18(19)21-22(31-20(26-21)10-11-25-23(28)29)30-17-7-5-6-16(14-17)15-27-12-3-4-13-27/h1-2,5-9,14,25H,3-4,10-13,15H2,(H,28,29). The van der Waals surface area contributed by atoms with Crippen molar-refractivity contribution < 1.29 is 14.3 Å². The van der Waals surface area contributed by atoms with Crippen LogP contribution < -0.4 is 5.32 Å². The normalized spacial score (nSPS) is 14.1. The number of nitrogens with one attached hydrogen (secondary N) is 1. The summed E-state index contributed by atoms with van der Waals surface area (Å²) in [7, 11) is 0. The monoisotopic (exact) mass is 457 g/mol. The summed E-state index contributed by atoms with van der Waals surface area (Å²) in [5.41, 5.74) is 2.35. The highest BCUT2D eigenvalue weighted by Gasteiger charge is 2.18. The van der Waals surface area contributed by atoms with Crippen molar-refractivity contribution in [2.24, 2.45) is 0 Å². The zero-order valence-electron chi connectivity index (χ0n) is 17.0. The fourth-order valence-corrected chi connectivity index (χ4v) is 6.01. The number of amides is 1.